The van der Waals surface area contributed by atoms with E-state index in [0.29, 0.717) is 26.9 Å². The molecule has 3 rings (SSSR count). The maximum atomic E-state index is 13.7. The van der Waals surface area contributed by atoms with Crippen molar-refractivity contribution >= 4 is 40.9 Å². The van der Waals surface area contributed by atoms with E-state index in [0.717, 1.165) is 48.4 Å². The summed E-state index contributed by atoms with van der Waals surface area (Å²) >= 11 is 2.33. The highest BCUT2D eigenvalue weighted by molar-refractivity contribution is 7.99. The van der Waals surface area contributed by atoms with Crippen molar-refractivity contribution < 1.29 is 40.7 Å². The van der Waals surface area contributed by atoms with Crippen LogP contribution in [-0.4, -0.2) is 51.9 Å². The number of thioether (sulfide) groups is 2. The summed E-state index contributed by atoms with van der Waals surface area (Å²) < 4.78 is 81.8. The van der Waals surface area contributed by atoms with E-state index in [-0.39, 0.29) is 53.4 Å². The molecule has 1 heterocycles. The molecule has 0 spiro atoms. The summed E-state index contributed by atoms with van der Waals surface area (Å²) in [5.41, 5.74) is 9.23. The van der Waals surface area contributed by atoms with E-state index >= 15 is 0 Å². The van der Waals surface area contributed by atoms with E-state index in [1.54, 1.807) is 0 Å². The zero-order chi connectivity index (χ0) is 33.5. The molecule has 242 valence electrons. The van der Waals surface area contributed by atoms with Crippen molar-refractivity contribution in [2.45, 2.75) is 55.3 Å². The fraction of sp³-hybridized carbons (Fsp3) is 0.367. The van der Waals surface area contributed by atoms with Crippen molar-refractivity contribution in [2.24, 2.45) is 11.5 Å². The van der Waals surface area contributed by atoms with Crippen molar-refractivity contribution in [1.82, 2.24) is 9.97 Å². The van der Waals surface area contributed by atoms with Crippen LogP contribution in [0, 0.1) is 6.92 Å². The average Bonchev–Trinajstić information content (AvgIpc) is 2.94. The van der Waals surface area contributed by atoms with Crippen molar-refractivity contribution in [1.29, 1.82) is 0 Å². The number of aromatic nitrogens is 2. The van der Waals surface area contributed by atoms with Gasteiger partial charge in [0.05, 0.1) is 11.1 Å². The number of halogens is 6. The minimum Gasteiger partial charge on any atom is -0.330 e. The zero-order valence-corrected chi connectivity index (χ0v) is 25.9. The molecular formula is C30H30F6N4O3S2. The molecular weight excluding hydrogens is 642 g/mol. The number of hydrogen-bond donors (Lipinski definition) is 2. The quantitative estimate of drug-likeness (QED) is 0.122. The largest absolute Gasteiger partial charge is 0.416 e. The molecule has 0 bridgehead atoms. The highest BCUT2D eigenvalue weighted by Gasteiger charge is 2.34. The lowest BCUT2D eigenvalue weighted by molar-refractivity contribution is -0.138. The van der Waals surface area contributed by atoms with Crippen molar-refractivity contribution in [3.8, 4) is 0 Å². The second kappa shape index (κ2) is 15.3. The first-order chi connectivity index (χ1) is 21.0. The molecule has 4 N–H and O–H groups in total. The molecule has 2 aromatic carbocycles. The van der Waals surface area contributed by atoms with Gasteiger partial charge in [-0.15, -0.1) is 23.5 Å². The first-order valence-electron chi connectivity index (χ1n) is 13.5. The molecule has 15 heteroatoms. The van der Waals surface area contributed by atoms with E-state index in [1.165, 1.54) is 25.6 Å². The second-order valence-corrected chi connectivity index (χ2v) is 12.3. The van der Waals surface area contributed by atoms with Gasteiger partial charge in [-0.25, -0.2) is 9.97 Å². The molecule has 45 heavy (non-hydrogen) atoms. The van der Waals surface area contributed by atoms with Crippen LogP contribution in [0.25, 0.3) is 0 Å². The van der Waals surface area contributed by atoms with E-state index in [9.17, 15) is 40.7 Å². The third kappa shape index (κ3) is 9.86. The van der Waals surface area contributed by atoms with Crippen molar-refractivity contribution in [2.75, 3.05) is 24.6 Å². The first-order valence-corrected chi connectivity index (χ1v) is 15.5. The zero-order valence-electron chi connectivity index (χ0n) is 24.3. The number of carbonyl (C=O) groups excluding carboxylic acids is 3. The Morgan fingerprint density at radius 3 is 1.56 bits per heavy atom. The number of carbonyl (C=O) groups is 3. The number of nitrogens with zero attached hydrogens (tertiary/aromatic N) is 2. The maximum absolute atomic E-state index is 13.7. The van der Waals surface area contributed by atoms with E-state index < -0.39 is 47.9 Å². The summed E-state index contributed by atoms with van der Waals surface area (Å²) in [6, 6.07) is 4.66. The number of hydrogen-bond acceptors (Lipinski definition) is 9. The molecule has 0 aliphatic heterocycles. The van der Waals surface area contributed by atoms with Gasteiger partial charge in [0, 0.05) is 53.6 Å². The van der Waals surface area contributed by atoms with Crippen molar-refractivity contribution in [3.05, 3.63) is 81.4 Å². The number of rotatable bonds is 14. The molecule has 0 saturated carbocycles. The number of benzene rings is 2. The minimum absolute atomic E-state index is 0.0111. The smallest absolute Gasteiger partial charge is 0.330 e. The lowest BCUT2D eigenvalue weighted by Crippen LogP contribution is -2.15. The SMILES string of the molecule is CC(=O)Cc1cc(C(F)(F)F)cc(CC(=O)c2cc(C(=O)Cc3cc(C(F)(F)F)cc(C)c3SCCN)ncn2)c1SCCN. The Morgan fingerprint density at radius 2 is 1.11 bits per heavy atom. The molecule has 0 unspecified atom stereocenters. The molecule has 0 atom stereocenters. The topological polar surface area (TPSA) is 129 Å². The predicted octanol–water partition coefficient (Wildman–Crippen LogP) is 5.91. The fourth-order valence-electron chi connectivity index (χ4n) is 4.49. The van der Waals surface area contributed by atoms with Gasteiger partial charge in [0.1, 0.15) is 23.5 Å². The number of nitrogens with two attached hydrogens (primary N) is 2. The van der Waals surface area contributed by atoms with Gasteiger partial charge in [-0.3, -0.25) is 14.4 Å². The van der Waals surface area contributed by atoms with Crippen LogP contribution >= 0.6 is 23.5 Å². The molecule has 0 aliphatic carbocycles. The molecule has 0 aliphatic rings. The van der Waals surface area contributed by atoms with Crippen LogP contribution in [-0.2, 0) is 36.4 Å². The number of alkyl halides is 6. The lowest BCUT2D eigenvalue weighted by atomic mass is 9.97. The van der Waals surface area contributed by atoms with Crippen LogP contribution in [0.2, 0.25) is 0 Å². The summed E-state index contributed by atoms with van der Waals surface area (Å²) in [5.74, 6) is -1.09. The maximum Gasteiger partial charge on any atom is 0.416 e. The Balaban J connectivity index is 1.98. The van der Waals surface area contributed by atoms with E-state index in [4.69, 9.17) is 11.5 Å². The molecule has 1 aromatic heterocycles. The number of ketones is 3. The van der Waals surface area contributed by atoms with E-state index in [1.807, 2.05) is 0 Å². The Bertz CT molecular complexity index is 1580. The molecule has 0 saturated heterocycles. The summed E-state index contributed by atoms with van der Waals surface area (Å²) in [6.45, 7) is 3.18. The third-order valence-electron chi connectivity index (χ3n) is 6.36. The van der Waals surface area contributed by atoms with Crippen LogP contribution in [0.15, 0.2) is 46.5 Å². The van der Waals surface area contributed by atoms with Crippen LogP contribution < -0.4 is 11.5 Å². The monoisotopic (exact) mass is 672 g/mol. The van der Waals surface area contributed by atoms with Gasteiger partial charge in [0.25, 0.3) is 0 Å². The van der Waals surface area contributed by atoms with Gasteiger partial charge in [-0.05, 0) is 66.4 Å². The second-order valence-electron chi connectivity index (χ2n) is 10.0. The summed E-state index contributed by atoms with van der Waals surface area (Å²) in [6.07, 6.45) is -9.77. The standard InChI is InChI=1S/C30H30F6N4O3S2/c1-16-7-21(29(31,32)33)10-19(27(16)44-5-3-37)12-25(42)23-14-24(40-15-39-23)26(43)13-20-11-22(30(34,35)36)9-18(8-17(2)41)28(20)45-6-4-38/h7,9-11,14-15H,3-6,8,12-13,37-38H2,1-2H3. The predicted molar refractivity (Wildman–Crippen MR) is 160 cm³/mol. The van der Waals surface area contributed by atoms with Gasteiger partial charge in [0.2, 0.25) is 0 Å². The molecule has 0 fully saturated rings. The lowest BCUT2D eigenvalue weighted by Gasteiger charge is -2.17. The van der Waals surface area contributed by atoms with Crippen LogP contribution in [0.5, 0.6) is 0 Å². The van der Waals surface area contributed by atoms with Gasteiger partial charge < -0.3 is 11.5 Å². The Morgan fingerprint density at radius 1 is 0.689 bits per heavy atom. The number of aryl methyl sites for hydroxylation is 1. The van der Waals surface area contributed by atoms with Gasteiger partial charge in [0.15, 0.2) is 11.6 Å². The summed E-state index contributed by atoms with van der Waals surface area (Å²) in [5, 5.41) is 0. The van der Waals surface area contributed by atoms with Gasteiger partial charge in [-0.1, -0.05) is 0 Å². The Labute approximate surface area is 263 Å². The van der Waals surface area contributed by atoms with Crippen molar-refractivity contribution in [3.63, 3.8) is 0 Å². The molecule has 7 nitrogen and oxygen atoms in total. The van der Waals surface area contributed by atoms with E-state index in [2.05, 4.69) is 9.97 Å². The molecule has 0 radical (unpaired) electrons. The van der Waals surface area contributed by atoms with Crippen LogP contribution in [0.4, 0.5) is 26.3 Å². The highest BCUT2D eigenvalue weighted by atomic mass is 32.2. The average molecular weight is 673 g/mol. The highest BCUT2D eigenvalue weighted by Crippen LogP contribution is 2.38. The summed E-state index contributed by atoms with van der Waals surface area (Å²) in [4.78, 5) is 47.0. The number of Topliss-reactive ketones (excluding diaryl/α,β-unsaturated/α-hetero) is 3. The Hall–Kier alpha value is -3.27. The normalized spacial score (nSPS) is 12.0. The third-order valence-corrected chi connectivity index (χ3v) is 8.92. The van der Waals surface area contributed by atoms with Crippen LogP contribution in [0.3, 0.4) is 0 Å². The van der Waals surface area contributed by atoms with Gasteiger partial charge in [-0.2, -0.15) is 26.3 Å². The fourth-order valence-corrected chi connectivity index (χ4v) is 6.37. The minimum atomic E-state index is -4.75. The van der Waals surface area contributed by atoms with Gasteiger partial charge >= 0.3 is 12.4 Å². The molecule has 3 aromatic rings. The molecule has 0 amide bonds. The van der Waals surface area contributed by atoms with Crippen LogP contribution in [0.1, 0.15) is 61.3 Å². The summed E-state index contributed by atoms with van der Waals surface area (Å²) in [7, 11) is 0. The first kappa shape index (κ1) is 36.2. The Kier molecular flexibility index (Phi) is 12.3.